The van der Waals surface area contributed by atoms with Gasteiger partial charge in [0.1, 0.15) is 0 Å². The molecule has 16 heavy (non-hydrogen) atoms. The molecule has 0 spiro atoms. The van der Waals surface area contributed by atoms with Crippen LogP contribution in [0.25, 0.3) is 0 Å². The van der Waals surface area contributed by atoms with Crippen LogP contribution in [0.5, 0.6) is 0 Å². The number of imide groups is 1. The molecule has 0 atom stereocenters. The second kappa shape index (κ2) is 5.28. The fourth-order valence-electron chi connectivity index (χ4n) is 2.09. The first-order chi connectivity index (χ1) is 7.40. The number of nitrogens with one attached hydrogen (secondary N) is 1. The van der Waals surface area contributed by atoms with Crippen LogP contribution in [-0.4, -0.2) is 11.8 Å². The van der Waals surface area contributed by atoms with Crippen molar-refractivity contribution in [2.24, 2.45) is 11.8 Å². The third-order valence-corrected chi connectivity index (χ3v) is 2.60. The number of rotatable bonds is 4. The zero-order chi connectivity index (χ0) is 12.3. The van der Waals surface area contributed by atoms with Crippen LogP contribution in [0.3, 0.4) is 0 Å². The quantitative estimate of drug-likeness (QED) is 0.587. The maximum Gasteiger partial charge on any atom is 0.254 e. The molecule has 0 unspecified atom stereocenters. The van der Waals surface area contributed by atoms with Gasteiger partial charge in [0, 0.05) is 5.57 Å². The number of allylic oxidation sites excluding steroid dienone is 1. The molecule has 3 heteroatoms. The molecule has 0 radical (unpaired) electrons. The lowest BCUT2D eigenvalue weighted by atomic mass is 9.90. The monoisotopic (exact) mass is 223 g/mol. The van der Waals surface area contributed by atoms with Crippen molar-refractivity contribution in [1.29, 1.82) is 0 Å². The van der Waals surface area contributed by atoms with Gasteiger partial charge in [-0.3, -0.25) is 14.9 Å². The highest BCUT2D eigenvalue weighted by Gasteiger charge is 2.27. The van der Waals surface area contributed by atoms with E-state index in [9.17, 15) is 9.59 Å². The first-order valence-corrected chi connectivity index (χ1v) is 5.95. The van der Waals surface area contributed by atoms with E-state index < -0.39 is 0 Å². The number of hydrogen-bond acceptors (Lipinski definition) is 2. The van der Waals surface area contributed by atoms with Crippen molar-refractivity contribution in [2.45, 2.75) is 47.0 Å². The van der Waals surface area contributed by atoms with Crippen molar-refractivity contribution in [1.82, 2.24) is 5.32 Å². The number of carbonyl (C=O) groups excluding carboxylic acids is 2. The van der Waals surface area contributed by atoms with Crippen molar-refractivity contribution >= 4 is 11.8 Å². The van der Waals surface area contributed by atoms with Crippen molar-refractivity contribution in [3.63, 3.8) is 0 Å². The molecule has 0 aromatic carbocycles. The fourth-order valence-corrected chi connectivity index (χ4v) is 2.09. The standard InChI is InChI=1S/C13H21NO2/c1-8(2)5-10(6-9(3)4)11-7-12(15)14-13(11)16/h8-9H,5-7H2,1-4H3,(H,14,15,16). The summed E-state index contributed by atoms with van der Waals surface area (Å²) in [6.45, 7) is 8.54. The van der Waals surface area contributed by atoms with Gasteiger partial charge in [0.15, 0.2) is 0 Å². The largest absolute Gasteiger partial charge is 0.292 e. The summed E-state index contributed by atoms with van der Waals surface area (Å²) in [5.41, 5.74) is 1.88. The van der Waals surface area contributed by atoms with Gasteiger partial charge in [-0.2, -0.15) is 0 Å². The first kappa shape index (κ1) is 12.9. The molecule has 0 aliphatic carbocycles. The molecule has 1 heterocycles. The molecular weight excluding hydrogens is 202 g/mol. The van der Waals surface area contributed by atoms with E-state index >= 15 is 0 Å². The molecule has 0 aromatic rings. The van der Waals surface area contributed by atoms with Gasteiger partial charge in [0.25, 0.3) is 5.91 Å². The van der Waals surface area contributed by atoms with E-state index in [1.54, 1.807) is 0 Å². The molecular formula is C13H21NO2. The summed E-state index contributed by atoms with van der Waals surface area (Å²) in [5.74, 6) is 0.695. The zero-order valence-corrected chi connectivity index (χ0v) is 10.6. The molecule has 1 aliphatic heterocycles. The summed E-state index contributed by atoms with van der Waals surface area (Å²) < 4.78 is 0. The molecule has 0 bridgehead atoms. The van der Waals surface area contributed by atoms with Crippen molar-refractivity contribution in [3.05, 3.63) is 11.1 Å². The third kappa shape index (κ3) is 3.47. The van der Waals surface area contributed by atoms with Crippen LogP contribution in [0.1, 0.15) is 47.0 Å². The van der Waals surface area contributed by atoms with Gasteiger partial charge in [0.05, 0.1) is 6.42 Å². The van der Waals surface area contributed by atoms with Crippen molar-refractivity contribution in [2.75, 3.05) is 0 Å². The van der Waals surface area contributed by atoms with Gasteiger partial charge >= 0.3 is 0 Å². The minimum absolute atomic E-state index is 0.162. The molecule has 1 fully saturated rings. The molecule has 1 N–H and O–H groups in total. The third-order valence-electron chi connectivity index (χ3n) is 2.60. The SMILES string of the molecule is CC(C)CC(CC(C)C)=C1CC(=O)NC1=O. The Bertz CT molecular complexity index is 315. The second-order valence-electron chi connectivity index (χ2n) is 5.33. The first-order valence-electron chi connectivity index (χ1n) is 5.95. The Morgan fingerprint density at radius 1 is 1.12 bits per heavy atom. The van der Waals surface area contributed by atoms with Crippen LogP contribution in [0.4, 0.5) is 0 Å². The van der Waals surface area contributed by atoms with Crippen LogP contribution in [0.2, 0.25) is 0 Å². The average molecular weight is 223 g/mol. The molecule has 0 aromatic heterocycles. The summed E-state index contributed by atoms with van der Waals surface area (Å²) in [6.07, 6.45) is 2.09. The molecule has 3 nitrogen and oxygen atoms in total. The maximum atomic E-state index is 11.6. The average Bonchev–Trinajstić information content (AvgIpc) is 2.42. The Balaban J connectivity index is 2.93. The highest BCUT2D eigenvalue weighted by Crippen LogP contribution is 2.26. The van der Waals surface area contributed by atoms with Gasteiger partial charge in [-0.1, -0.05) is 33.3 Å². The molecule has 0 saturated carbocycles. The predicted molar refractivity (Wildman–Crippen MR) is 63.7 cm³/mol. The van der Waals surface area contributed by atoms with E-state index in [4.69, 9.17) is 0 Å². The van der Waals surface area contributed by atoms with E-state index in [2.05, 4.69) is 33.0 Å². The van der Waals surface area contributed by atoms with Crippen LogP contribution in [-0.2, 0) is 9.59 Å². The Labute approximate surface area is 97.3 Å². The molecule has 2 amide bonds. The minimum Gasteiger partial charge on any atom is -0.292 e. The number of hydrogen-bond donors (Lipinski definition) is 1. The van der Waals surface area contributed by atoms with Crippen molar-refractivity contribution < 1.29 is 9.59 Å². The molecule has 1 saturated heterocycles. The molecule has 1 rings (SSSR count). The van der Waals surface area contributed by atoms with Crippen molar-refractivity contribution in [3.8, 4) is 0 Å². The van der Waals surface area contributed by atoms with Gasteiger partial charge in [-0.25, -0.2) is 0 Å². The highest BCUT2D eigenvalue weighted by molar-refractivity contribution is 6.13. The smallest absolute Gasteiger partial charge is 0.254 e. The fraction of sp³-hybridized carbons (Fsp3) is 0.692. The topological polar surface area (TPSA) is 46.2 Å². The van der Waals surface area contributed by atoms with E-state index in [1.165, 1.54) is 0 Å². The Kier molecular flexibility index (Phi) is 4.27. The lowest BCUT2D eigenvalue weighted by Crippen LogP contribution is -2.20. The van der Waals surface area contributed by atoms with Crippen LogP contribution >= 0.6 is 0 Å². The Hall–Kier alpha value is -1.12. The summed E-state index contributed by atoms with van der Waals surface area (Å²) in [7, 11) is 0. The van der Waals surface area contributed by atoms with Crippen LogP contribution in [0.15, 0.2) is 11.1 Å². The normalized spacial score (nSPS) is 16.2. The maximum absolute atomic E-state index is 11.6. The molecule has 90 valence electrons. The van der Waals surface area contributed by atoms with Crippen LogP contribution in [0, 0.1) is 11.8 Å². The zero-order valence-electron chi connectivity index (χ0n) is 10.6. The highest BCUT2D eigenvalue weighted by atomic mass is 16.2. The Morgan fingerprint density at radius 3 is 1.94 bits per heavy atom. The number of carbonyl (C=O) groups is 2. The predicted octanol–water partition coefficient (Wildman–Crippen LogP) is 2.42. The second-order valence-corrected chi connectivity index (χ2v) is 5.33. The lowest BCUT2D eigenvalue weighted by Gasteiger charge is -2.14. The Morgan fingerprint density at radius 2 is 1.62 bits per heavy atom. The van der Waals surface area contributed by atoms with E-state index in [0.717, 1.165) is 18.4 Å². The summed E-state index contributed by atoms with van der Waals surface area (Å²) in [5, 5.41) is 2.36. The number of amides is 2. The van der Waals surface area contributed by atoms with Gasteiger partial charge < -0.3 is 0 Å². The van der Waals surface area contributed by atoms with E-state index in [0.29, 0.717) is 17.4 Å². The summed E-state index contributed by atoms with van der Waals surface area (Å²) in [4.78, 5) is 22.8. The van der Waals surface area contributed by atoms with Gasteiger partial charge in [-0.05, 0) is 24.7 Å². The van der Waals surface area contributed by atoms with E-state index in [-0.39, 0.29) is 18.2 Å². The van der Waals surface area contributed by atoms with Crippen LogP contribution < -0.4 is 5.32 Å². The van der Waals surface area contributed by atoms with Gasteiger partial charge in [0.2, 0.25) is 5.91 Å². The summed E-state index contributed by atoms with van der Waals surface area (Å²) in [6, 6.07) is 0. The minimum atomic E-state index is -0.179. The van der Waals surface area contributed by atoms with Gasteiger partial charge in [-0.15, -0.1) is 0 Å². The lowest BCUT2D eigenvalue weighted by molar-refractivity contribution is -0.124. The van der Waals surface area contributed by atoms with E-state index in [1.807, 2.05) is 0 Å². The molecule has 1 aliphatic rings. The summed E-state index contributed by atoms with van der Waals surface area (Å²) >= 11 is 0.